The number of ketones is 1. The smallest absolute Gasteiger partial charge is 0.250 e. The molecular weight excluding hydrogens is 324 g/mol. The van der Waals surface area contributed by atoms with Gasteiger partial charge in [0.1, 0.15) is 10.0 Å². The van der Waals surface area contributed by atoms with Gasteiger partial charge in [0.2, 0.25) is 0 Å². The number of nitrogens with two attached hydrogens (primary N) is 2. The summed E-state index contributed by atoms with van der Waals surface area (Å²) in [5.74, 6) is -0.767. The first kappa shape index (κ1) is 15.8. The molecule has 120 valence electrons. The van der Waals surface area contributed by atoms with Gasteiger partial charge in [0.15, 0.2) is 5.78 Å². The number of carbonyl (C=O) groups excluding carboxylic acids is 2. The van der Waals surface area contributed by atoms with Crippen molar-refractivity contribution in [2.75, 3.05) is 5.73 Å². The van der Waals surface area contributed by atoms with Crippen molar-refractivity contribution in [2.45, 2.75) is 6.42 Å². The number of hydrogen-bond acceptors (Lipinski definition) is 6. The monoisotopic (exact) mass is 338 g/mol. The minimum absolute atomic E-state index is 0.125. The summed E-state index contributed by atoms with van der Waals surface area (Å²) in [5, 5.41) is 9.57. The first-order valence-electron chi connectivity index (χ1n) is 7.15. The Morgan fingerprint density at radius 2 is 1.79 bits per heavy atom. The molecule has 0 aliphatic carbocycles. The average molecular weight is 338 g/mol. The highest BCUT2D eigenvalue weighted by atomic mass is 32.1. The molecule has 1 aromatic heterocycles. The lowest BCUT2D eigenvalue weighted by Crippen LogP contribution is -2.14. The largest absolute Gasteiger partial charge is 0.398 e. The van der Waals surface area contributed by atoms with E-state index in [1.165, 1.54) is 29.5 Å². The molecule has 0 unspecified atom stereocenters. The van der Waals surface area contributed by atoms with Gasteiger partial charge in [0.25, 0.3) is 5.91 Å². The maximum atomic E-state index is 12.4. The number of aromatic nitrogens is 2. The van der Waals surface area contributed by atoms with Gasteiger partial charge < -0.3 is 11.5 Å². The molecular formula is C17H14N4O2S. The van der Waals surface area contributed by atoms with Crippen LogP contribution in [0.15, 0.2) is 48.5 Å². The zero-order valence-corrected chi connectivity index (χ0v) is 13.4. The lowest BCUT2D eigenvalue weighted by atomic mass is 10.0. The lowest BCUT2D eigenvalue weighted by molar-refractivity contribution is 0.0984. The van der Waals surface area contributed by atoms with Crippen LogP contribution < -0.4 is 11.5 Å². The van der Waals surface area contributed by atoms with Crippen LogP contribution in [0.2, 0.25) is 0 Å². The number of nitrogens with zero attached hydrogens (tertiary/aromatic N) is 2. The second kappa shape index (κ2) is 6.59. The lowest BCUT2D eigenvalue weighted by Gasteiger charge is -2.04. The van der Waals surface area contributed by atoms with Gasteiger partial charge in [-0.1, -0.05) is 47.7 Å². The van der Waals surface area contributed by atoms with Crippen LogP contribution in [0.5, 0.6) is 0 Å². The van der Waals surface area contributed by atoms with Crippen LogP contribution in [-0.2, 0) is 6.42 Å². The van der Waals surface area contributed by atoms with Crippen molar-refractivity contribution in [1.82, 2.24) is 10.2 Å². The number of amides is 1. The zero-order valence-electron chi connectivity index (χ0n) is 12.6. The van der Waals surface area contributed by atoms with Crippen molar-refractivity contribution in [2.24, 2.45) is 5.73 Å². The molecule has 0 saturated carbocycles. The van der Waals surface area contributed by atoms with Crippen molar-refractivity contribution in [3.63, 3.8) is 0 Å². The number of benzene rings is 2. The van der Waals surface area contributed by atoms with Crippen LogP contribution in [0, 0.1) is 0 Å². The van der Waals surface area contributed by atoms with E-state index in [9.17, 15) is 9.59 Å². The highest BCUT2D eigenvalue weighted by Crippen LogP contribution is 2.24. The van der Waals surface area contributed by atoms with Crippen LogP contribution in [0.25, 0.3) is 10.6 Å². The number of primary amides is 1. The van der Waals surface area contributed by atoms with Gasteiger partial charge in [-0.05, 0) is 12.1 Å². The summed E-state index contributed by atoms with van der Waals surface area (Å²) in [5.41, 5.74) is 12.7. The van der Waals surface area contributed by atoms with E-state index in [4.69, 9.17) is 11.5 Å². The Bertz CT molecular complexity index is 906. The number of Topliss-reactive ketones (excluding diaryl/α,β-unsaturated/α-hetero) is 1. The van der Waals surface area contributed by atoms with E-state index >= 15 is 0 Å². The van der Waals surface area contributed by atoms with Crippen LogP contribution in [0.3, 0.4) is 0 Å². The fraction of sp³-hybridized carbons (Fsp3) is 0.0588. The van der Waals surface area contributed by atoms with Crippen LogP contribution >= 0.6 is 11.3 Å². The Kier molecular flexibility index (Phi) is 4.35. The third-order valence-electron chi connectivity index (χ3n) is 3.44. The maximum absolute atomic E-state index is 12.4. The third kappa shape index (κ3) is 3.31. The third-order valence-corrected chi connectivity index (χ3v) is 4.41. The quantitative estimate of drug-likeness (QED) is 0.547. The standard InChI is InChI=1S/C17H14N4O2S/c18-13-8-11(6-7-12(13)16(19)23)14(22)9-15-20-21-17(24-15)10-4-2-1-3-5-10/h1-8H,9,18H2,(H2,19,23). The minimum atomic E-state index is -0.622. The Labute approximate surface area is 142 Å². The Hall–Kier alpha value is -3.06. The molecule has 24 heavy (non-hydrogen) atoms. The fourth-order valence-corrected chi connectivity index (χ4v) is 3.07. The number of carbonyl (C=O) groups is 2. The van der Waals surface area contributed by atoms with E-state index in [0.717, 1.165) is 10.6 Å². The molecule has 4 N–H and O–H groups in total. The van der Waals surface area contributed by atoms with Gasteiger partial charge in [-0.25, -0.2) is 0 Å². The second-order valence-corrected chi connectivity index (χ2v) is 6.20. The summed E-state index contributed by atoms with van der Waals surface area (Å²) in [6.45, 7) is 0. The molecule has 0 bridgehead atoms. The normalized spacial score (nSPS) is 10.5. The maximum Gasteiger partial charge on any atom is 0.250 e. The first-order valence-corrected chi connectivity index (χ1v) is 7.96. The topological polar surface area (TPSA) is 112 Å². The number of rotatable bonds is 5. The molecule has 3 aromatic rings. The summed E-state index contributed by atoms with van der Waals surface area (Å²) >= 11 is 1.37. The highest BCUT2D eigenvalue weighted by Gasteiger charge is 2.14. The van der Waals surface area contributed by atoms with E-state index < -0.39 is 5.91 Å². The van der Waals surface area contributed by atoms with Crippen molar-refractivity contribution in [3.05, 3.63) is 64.7 Å². The van der Waals surface area contributed by atoms with Crippen molar-refractivity contribution in [3.8, 4) is 10.6 Å². The van der Waals surface area contributed by atoms with Crippen LogP contribution in [0.1, 0.15) is 25.7 Å². The molecule has 0 atom stereocenters. The number of nitrogen functional groups attached to an aromatic ring is 1. The molecule has 7 heteroatoms. The van der Waals surface area contributed by atoms with Gasteiger partial charge >= 0.3 is 0 Å². The van der Waals surface area contributed by atoms with Gasteiger partial charge in [0.05, 0.1) is 12.0 Å². The van der Waals surface area contributed by atoms with Crippen molar-refractivity contribution >= 4 is 28.7 Å². The number of anilines is 1. The summed E-state index contributed by atoms with van der Waals surface area (Å²) in [4.78, 5) is 23.5. The Balaban J connectivity index is 1.77. The van der Waals surface area contributed by atoms with Gasteiger partial charge in [0, 0.05) is 16.8 Å². The summed E-state index contributed by atoms with van der Waals surface area (Å²) in [6.07, 6.45) is 0.125. The molecule has 3 rings (SSSR count). The summed E-state index contributed by atoms with van der Waals surface area (Å²) in [6, 6.07) is 14.1. The molecule has 1 amide bonds. The van der Waals surface area contributed by atoms with E-state index in [1.54, 1.807) is 0 Å². The molecule has 0 aliphatic heterocycles. The summed E-state index contributed by atoms with van der Waals surface area (Å²) < 4.78 is 0. The van der Waals surface area contributed by atoms with Gasteiger partial charge in [-0.15, -0.1) is 10.2 Å². The van der Waals surface area contributed by atoms with Crippen molar-refractivity contribution < 1.29 is 9.59 Å². The van der Waals surface area contributed by atoms with Gasteiger partial charge in [-0.2, -0.15) is 0 Å². The zero-order chi connectivity index (χ0) is 17.1. The van der Waals surface area contributed by atoms with Gasteiger partial charge in [-0.3, -0.25) is 9.59 Å². The molecule has 0 fully saturated rings. The molecule has 0 saturated heterocycles. The predicted octanol–water partition coefficient (Wildman–Crippen LogP) is 2.31. The molecule has 0 aliphatic rings. The molecule has 1 heterocycles. The van der Waals surface area contributed by atoms with E-state index in [0.29, 0.717) is 10.6 Å². The highest BCUT2D eigenvalue weighted by molar-refractivity contribution is 7.14. The molecule has 6 nitrogen and oxygen atoms in total. The minimum Gasteiger partial charge on any atom is -0.398 e. The Morgan fingerprint density at radius 3 is 2.46 bits per heavy atom. The van der Waals surface area contributed by atoms with E-state index in [2.05, 4.69) is 10.2 Å². The number of hydrogen-bond donors (Lipinski definition) is 2. The van der Waals surface area contributed by atoms with Crippen molar-refractivity contribution in [1.29, 1.82) is 0 Å². The second-order valence-electron chi connectivity index (χ2n) is 5.13. The predicted molar refractivity (Wildman–Crippen MR) is 92.8 cm³/mol. The fourth-order valence-electron chi connectivity index (χ4n) is 2.22. The van der Waals surface area contributed by atoms with E-state index in [-0.39, 0.29) is 23.5 Å². The molecule has 2 aromatic carbocycles. The van der Waals surface area contributed by atoms with E-state index in [1.807, 2.05) is 30.3 Å². The van der Waals surface area contributed by atoms with Crippen LogP contribution in [0.4, 0.5) is 5.69 Å². The average Bonchev–Trinajstić information content (AvgIpc) is 3.03. The molecule has 0 spiro atoms. The summed E-state index contributed by atoms with van der Waals surface area (Å²) in [7, 11) is 0. The SMILES string of the molecule is NC(=O)c1ccc(C(=O)Cc2nnc(-c3ccccc3)s2)cc1N. The Morgan fingerprint density at radius 1 is 1.04 bits per heavy atom. The van der Waals surface area contributed by atoms with Crippen LogP contribution in [-0.4, -0.2) is 21.9 Å². The molecule has 0 radical (unpaired) electrons. The first-order chi connectivity index (χ1) is 11.5.